The number of aliphatic imine (C=N–C) groups is 1. The molecule has 0 saturated carbocycles. The minimum absolute atomic E-state index is 0.213. The summed E-state index contributed by atoms with van der Waals surface area (Å²) in [7, 11) is 1.76. The first-order chi connectivity index (χ1) is 14.2. The highest BCUT2D eigenvalue weighted by atomic mass is 35.5. The normalized spacial score (nSPS) is 13.3. The largest absolute Gasteiger partial charge is 0.356 e. The van der Waals surface area contributed by atoms with Crippen LogP contribution in [-0.2, 0) is 17.9 Å². The van der Waals surface area contributed by atoms with Crippen molar-refractivity contribution in [3.05, 3.63) is 64.7 Å². The van der Waals surface area contributed by atoms with E-state index in [1.165, 1.54) is 16.0 Å². The fraction of sp³-hybridized carbons (Fsp3) is 0.364. The summed E-state index contributed by atoms with van der Waals surface area (Å²) < 4.78 is 0. The Morgan fingerprint density at radius 1 is 1.07 bits per heavy atom. The Hall–Kier alpha value is -2.18. The number of halogens is 1. The van der Waals surface area contributed by atoms with Crippen molar-refractivity contribution in [2.45, 2.75) is 30.8 Å². The monoisotopic (exact) mass is 430 g/mol. The Morgan fingerprint density at radius 2 is 1.72 bits per heavy atom. The molecule has 3 rings (SSSR count). The van der Waals surface area contributed by atoms with Gasteiger partial charge in [0.25, 0.3) is 0 Å². The molecule has 1 heterocycles. The number of hydrogen-bond acceptors (Lipinski definition) is 3. The lowest BCUT2D eigenvalue weighted by Gasteiger charge is -2.16. The van der Waals surface area contributed by atoms with E-state index in [0.29, 0.717) is 6.42 Å². The molecule has 1 aliphatic rings. The minimum atomic E-state index is 0.213. The van der Waals surface area contributed by atoms with E-state index >= 15 is 0 Å². The van der Waals surface area contributed by atoms with Crippen molar-refractivity contribution < 1.29 is 4.79 Å². The fourth-order valence-electron chi connectivity index (χ4n) is 3.20. The number of carbonyl (C=O) groups is 1. The van der Waals surface area contributed by atoms with Crippen LogP contribution in [0.1, 0.15) is 24.0 Å². The minimum Gasteiger partial charge on any atom is -0.356 e. The zero-order valence-corrected chi connectivity index (χ0v) is 18.2. The summed E-state index contributed by atoms with van der Waals surface area (Å²) in [5.41, 5.74) is 2.53. The van der Waals surface area contributed by atoms with Gasteiger partial charge in [-0.3, -0.25) is 9.79 Å². The number of thioether (sulfide) groups is 1. The van der Waals surface area contributed by atoms with Gasteiger partial charge in [-0.05, 0) is 41.8 Å². The lowest BCUT2D eigenvalue weighted by Crippen LogP contribution is -2.39. The van der Waals surface area contributed by atoms with Gasteiger partial charge < -0.3 is 15.5 Å². The molecule has 1 aliphatic heterocycles. The lowest BCUT2D eigenvalue weighted by molar-refractivity contribution is -0.131. The van der Waals surface area contributed by atoms with Gasteiger partial charge in [0.1, 0.15) is 0 Å². The molecular formula is C22H27ClN4OS. The Bertz CT molecular complexity index is 816. The first-order valence-electron chi connectivity index (χ1n) is 9.83. The van der Waals surface area contributed by atoms with Crippen LogP contribution in [0, 0.1) is 0 Å². The van der Waals surface area contributed by atoms with Crippen LogP contribution < -0.4 is 10.6 Å². The number of rotatable bonds is 8. The quantitative estimate of drug-likeness (QED) is 0.288. The van der Waals surface area contributed by atoms with Crippen molar-refractivity contribution >= 4 is 35.2 Å². The third-order valence-electron chi connectivity index (χ3n) is 4.75. The first kappa shape index (κ1) is 21.5. The molecule has 7 heteroatoms. The van der Waals surface area contributed by atoms with Crippen molar-refractivity contribution in [1.29, 1.82) is 0 Å². The highest BCUT2D eigenvalue weighted by Crippen LogP contribution is 2.23. The van der Waals surface area contributed by atoms with Crippen LogP contribution >= 0.6 is 23.4 Å². The number of fused-ring (bicyclic) bond motifs is 1. The molecule has 0 saturated heterocycles. The molecule has 0 bridgehead atoms. The maximum Gasteiger partial charge on any atom is 0.223 e. The van der Waals surface area contributed by atoms with Crippen LogP contribution in [0.5, 0.6) is 0 Å². The first-order valence-corrected chi connectivity index (χ1v) is 11.2. The number of guanidine groups is 1. The van der Waals surface area contributed by atoms with Gasteiger partial charge in [0, 0.05) is 55.3 Å². The average Bonchev–Trinajstić information content (AvgIpc) is 3.18. The molecule has 154 valence electrons. The van der Waals surface area contributed by atoms with Crippen LogP contribution in [0.3, 0.4) is 0 Å². The highest BCUT2D eigenvalue weighted by Gasteiger charge is 2.22. The second-order valence-corrected chi connectivity index (χ2v) is 8.45. The van der Waals surface area contributed by atoms with Crippen molar-refractivity contribution in [3.8, 4) is 0 Å². The predicted molar refractivity (Wildman–Crippen MR) is 121 cm³/mol. The molecule has 2 N–H and O–H groups in total. The van der Waals surface area contributed by atoms with Gasteiger partial charge in [-0.2, -0.15) is 0 Å². The molecule has 2 aromatic carbocycles. The van der Waals surface area contributed by atoms with Gasteiger partial charge in [-0.1, -0.05) is 35.9 Å². The molecule has 0 fully saturated rings. The smallest absolute Gasteiger partial charge is 0.223 e. The third-order valence-corrected chi connectivity index (χ3v) is 6.02. The van der Waals surface area contributed by atoms with Crippen LogP contribution in [0.15, 0.2) is 58.4 Å². The van der Waals surface area contributed by atoms with Gasteiger partial charge in [0.05, 0.1) is 0 Å². The van der Waals surface area contributed by atoms with E-state index in [1.54, 1.807) is 18.8 Å². The van der Waals surface area contributed by atoms with Crippen LogP contribution in [0.4, 0.5) is 0 Å². The Balaban J connectivity index is 1.28. The van der Waals surface area contributed by atoms with Crippen molar-refractivity contribution in [2.24, 2.45) is 4.99 Å². The summed E-state index contributed by atoms with van der Waals surface area (Å²) in [6.07, 6.45) is 1.33. The van der Waals surface area contributed by atoms with Crippen LogP contribution in [0.25, 0.3) is 0 Å². The Kier molecular flexibility index (Phi) is 8.25. The number of benzene rings is 2. The predicted octanol–water partition coefficient (Wildman–Crippen LogP) is 3.92. The number of carbonyl (C=O) groups excluding carboxylic acids is 1. The third kappa shape index (κ3) is 6.68. The maximum absolute atomic E-state index is 12.4. The van der Waals surface area contributed by atoms with Crippen LogP contribution in [0.2, 0.25) is 5.02 Å². The maximum atomic E-state index is 12.4. The summed E-state index contributed by atoms with van der Waals surface area (Å²) in [4.78, 5) is 19.8. The summed E-state index contributed by atoms with van der Waals surface area (Å²) in [5, 5.41) is 7.34. The Morgan fingerprint density at radius 3 is 2.38 bits per heavy atom. The molecule has 0 unspecified atom stereocenters. The second-order valence-electron chi connectivity index (χ2n) is 6.85. The number of hydrogen-bond donors (Lipinski definition) is 2. The molecule has 1 amide bonds. The van der Waals surface area contributed by atoms with Crippen molar-refractivity contribution in [3.63, 3.8) is 0 Å². The van der Waals surface area contributed by atoms with E-state index in [2.05, 4.69) is 27.8 Å². The van der Waals surface area contributed by atoms with Gasteiger partial charge in [-0.15, -0.1) is 11.8 Å². The van der Waals surface area contributed by atoms with Crippen molar-refractivity contribution in [2.75, 3.05) is 25.9 Å². The van der Waals surface area contributed by atoms with Crippen molar-refractivity contribution in [1.82, 2.24) is 15.5 Å². The van der Waals surface area contributed by atoms with E-state index in [1.807, 2.05) is 41.3 Å². The fourth-order valence-corrected chi connectivity index (χ4v) is 4.10. The Labute approximate surface area is 181 Å². The van der Waals surface area contributed by atoms with Gasteiger partial charge in [0.15, 0.2) is 5.96 Å². The SMILES string of the molecule is CN=C(NCCCC(=O)N1Cc2ccccc2C1)NCCSc1ccc(Cl)cc1. The van der Waals surface area contributed by atoms with E-state index in [-0.39, 0.29) is 5.91 Å². The second kappa shape index (κ2) is 11.1. The molecular weight excluding hydrogens is 404 g/mol. The van der Waals surface area contributed by atoms with E-state index in [0.717, 1.165) is 49.3 Å². The molecule has 5 nitrogen and oxygen atoms in total. The summed E-state index contributed by atoms with van der Waals surface area (Å²) in [5.74, 6) is 1.91. The van der Waals surface area contributed by atoms with E-state index in [4.69, 9.17) is 11.6 Å². The lowest BCUT2D eigenvalue weighted by atomic mass is 10.1. The standard InChI is InChI=1S/C22H27ClN4OS/c1-24-22(26-13-14-29-20-10-8-19(23)9-11-20)25-12-4-7-21(28)27-15-17-5-2-3-6-18(17)16-27/h2-3,5-6,8-11H,4,7,12-16H2,1H3,(H2,24,25,26). The molecule has 0 radical (unpaired) electrons. The number of amides is 1. The zero-order valence-electron chi connectivity index (χ0n) is 16.7. The van der Waals surface area contributed by atoms with E-state index in [9.17, 15) is 4.79 Å². The summed E-state index contributed by atoms with van der Waals surface area (Å²) >= 11 is 7.67. The molecule has 0 aliphatic carbocycles. The number of nitrogens with one attached hydrogen (secondary N) is 2. The molecule has 0 aromatic heterocycles. The van der Waals surface area contributed by atoms with Gasteiger partial charge in [0.2, 0.25) is 5.91 Å². The summed E-state index contributed by atoms with van der Waals surface area (Å²) in [6.45, 7) is 2.99. The summed E-state index contributed by atoms with van der Waals surface area (Å²) in [6, 6.07) is 16.1. The molecule has 29 heavy (non-hydrogen) atoms. The highest BCUT2D eigenvalue weighted by molar-refractivity contribution is 7.99. The van der Waals surface area contributed by atoms with Gasteiger partial charge in [-0.25, -0.2) is 0 Å². The van der Waals surface area contributed by atoms with Crippen LogP contribution in [-0.4, -0.2) is 42.7 Å². The number of nitrogens with zero attached hydrogens (tertiary/aromatic N) is 2. The van der Waals surface area contributed by atoms with Gasteiger partial charge >= 0.3 is 0 Å². The molecule has 0 atom stereocenters. The zero-order chi connectivity index (χ0) is 20.5. The van der Waals surface area contributed by atoms with E-state index < -0.39 is 0 Å². The molecule has 2 aromatic rings. The topological polar surface area (TPSA) is 56.7 Å². The molecule has 0 spiro atoms. The average molecular weight is 431 g/mol.